The van der Waals surface area contributed by atoms with Gasteiger partial charge in [0.25, 0.3) is 6.47 Å². The van der Waals surface area contributed by atoms with Crippen molar-refractivity contribution in [2.45, 2.75) is 26.2 Å². The third-order valence-corrected chi connectivity index (χ3v) is 2.26. The molecular weight excluding hydrogens is 206 g/mol. The number of hydrogen-bond donors (Lipinski definition) is 2. The minimum Gasteiger partial charge on any atom is -0.507 e. The van der Waals surface area contributed by atoms with Crippen LogP contribution in [0.2, 0.25) is 0 Å². The van der Waals surface area contributed by atoms with Crippen molar-refractivity contribution in [2.75, 3.05) is 0 Å². The van der Waals surface area contributed by atoms with Gasteiger partial charge in [0.05, 0.1) is 0 Å². The van der Waals surface area contributed by atoms with E-state index in [0.717, 1.165) is 6.21 Å². The fourth-order valence-corrected chi connectivity index (χ4v) is 1.43. The molecule has 0 fully saturated rings. The van der Waals surface area contributed by atoms with Crippen molar-refractivity contribution in [2.24, 2.45) is 0 Å². The van der Waals surface area contributed by atoms with Gasteiger partial charge >= 0.3 is 0 Å². The van der Waals surface area contributed by atoms with Gasteiger partial charge in [0.15, 0.2) is 0 Å². The second-order valence-corrected chi connectivity index (χ2v) is 4.52. The smallest absolute Gasteiger partial charge is 0.298 e. The molecule has 0 amide bonds. The standard InChI is InChI=1S/C12H15NO3/c1-12(2,3)10-5-9(16-7-14)4-8(6-13)11(10)15/h4-7,13,15H,1-3H3. The molecule has 0 unspecified atom stereocenters. The summed E-state index contributed by atoms with van der Waals surface area (Å²) in [4.78, 5) is 10.3. The number of rotatable bonds is 3. The van der Waals surface area contributed by atoms with Gasteiger partial charge < -0.3 is 15.3 Å². The minimum absolute atomic E-state index is 0.0562. The first-order valence-corrected chi connectivity index (χ1v) is 4.88. The van der Waals surface area contributed by atoms with Crippen LogP contribution in [0.1, 0.15) is 31.9 Å². The van der Waals surface area contributed by atoms with Crippen LogP contribution in [0.3, 0.4) is 0 Å². The first-order chi connectivity index (χ1) is 7.40. The number of aromatic hydroxyl groups is 1. The number of benzene rings is 1. The van der Waals surface area contributed by atoms with Crippen LogP contribution in [-0.4, -0.2) is 17.8 Å². The molecule has 0 heterocycles. The molecule has 1 aromatic carbocycles. The Morgan fingerprint density at radius 1 is 1.38 bits per heavy atom. The lowest BCUT2D eigenvalue weighted by atomic mass is 9.85. The molecule has 0 saturated heterocycles. The third kappa shape index (κ3) is 2.39. The van der Waals surface area contributed by atoms with E-state index in [4.69, 9.17) is 10.1 Å². The van der Waals surface area contributed by atoms with Gasteiger partial charge in [-0.15, -0.1) is 0 Å². The summed E-state index contributed by atoms with van der Waals surface area (Å²) < 4.78 is 4.74. The fraction of sp³-hybridized carbons (Fsp3) is 0.333. The number of carbonyl (C=O) groups is 1. The summed E-state index contributed by atoms with van der Waals surface area (Å²) in [5.74, 6) is 0.386. The molecule has 0 bridgehead atoms. The second kappa shape index (κ2) is 4.35. The number of ether oxygens (including phenoxy) is 1. The molecule has 0 aliphatic heterocycles. The highest BCUT2D eigenvalue weighted by Gasteiger charge is 2.21. The molecule has 0 aliphatic rings. The monoisotopic (exact) mass is 221 g/mol. The van der Waals surface area contributed by atoms with Crippen molar-refractivity contribution in [1.82, 2.24) is 0 Å². The average Bonchev–Trinajstić information content (AvgIpc) is 2.19. The Balaban J connectivity index is 3.41. The molecule has 0 aromatic heterocycles. The first-order valence-electron chi connectivity index (χ1n) is 4.88. The van der Waals surface area contributed by atoms with Gasteiger partial charge in [-0.1, -0.05) is 20.8 Å². The largest absolute Gasteiger partial charge is 0.507 e. The van der Waals surface area contributed by atoms with Gasteiger partial charge in [0, 0.05) is 17.3 Å². The number of nitrogens with one attached hydrogen (secondary N) is 1. The van der Waals surface area contributed by atoms with Crippen molar-refractivity contribution in [1.29, 1.82) is 5.41 Å². The molecule has 0 saturated carbocycles. The summed E-state index contributed by atoms with van der Waals surface area (Å²) in [5.41, 5.74) is 0.694. The maximum Gasteiger partial charge on any atom is 0.298 e. The van der Waals surface area contributed by atoms with E-state index in [1.54, 1.807) is 6.07 Å². The zero-order valence-electron chi connectivity index (χ0n) is 9.57. The first kappa shape index (κ1) is 12.2. The highest BCUT2D eigenvalue weighted by atomic mass is 16.5. The predicted molar refractivity (Wildman–Crippen MR) is 61.4 cm³/mol. The zero-order valence-corrected chi connectivity index (χ0v) is 9.57. The lowest BCUT2D eigenvalue weighted by Gasteiger charge is -2.22. The van der Waals surface area contributed by atoms with Crippen LogP contribution in [0, 0.1) is 5.41 Å². The van der Waals surface area contributed by atoms with Crippen molar-refractivity contribution >= 4 is 12.7 Å². The van der Waals surface area contributed by atoms with Crippen LogP contribution in [-0.2, 0) is 10.2 Å². The summed E-state index contributed by atoms with van der Waals surface area (Å²) in [5, 5.41) is 17.1. The van der Waals surface area contributed by atoms with Crippen LogP contribution in [0.15, 0.2) is 12.1 Å². The summed E-state index contributed by atoms with van der Waals surface area (Å²) in [6, 6.07) is 3.06. The van der Waals surface area contributed by atoms with Crippen LogP contribution in [0.4, 0.5) is 0 Å². The minimum atomic E-state index is -0.288. The Morgan fingerprint density at radius 3 is 2.44 bits per heavy atom. The van der Waals surface area contributed by atoms with E-state index >= 15 is 0 Å². The Hall–Kier alpha value is -1.84. The molecular formula is C12H15NO3. The molecule has 0 atom stereocenters. The van der Waals surface area contributed by atoms with Crippen molar-refractivity contribution in [3.8, 4) is 11.5 Å². The van der Waals surface area contributed by atoms with Gasteiger partial charge in [0.2, 0.25) is 0 Å². The van der Waals surface area contributed by atoms with Crippen molar-refractivity contribution in [3.05, 3.63) is 23.3 Å². The Morgan fingerprint density at radius 2 is 2.00 bits per heavy atom. The normalized spacial score (nSPS) is 10.9. The molecule has 4 heteroatoms. The summed E-state index contributed by atoms with van der Waals surface area (Å²) in [7, 11) is 0. The highest BCUT2D eigenvalue weighted by molar-refractivity contribution is 5.83. The molecule has 2 N–H and O–H groups in total. The number of carbonyl (C=O) groups excluding carboxylic acids is 1. The van der Waals surface area contributed by atoms with Crippen LogP contribution < -0.4 is 4.74 Å². The molecule has 0 aliphatic carbocycles. The average molecular weight is 221 g/mol. The van der Waals surface area contributed by atoms with Gasteiger partial charge in [-0.05, 0) is 17.5 Å². The van der Waals surface area contributed by atoms with Gasteiger partial charge in [-0.2, -0.15) is 0 Å². The number of phenols is 1. The second-order valence-electron chi connectivity index (χ2n) is 4.52. The summed E-state index contributed by atoms with van der Waals surface area (Å²) >= 11 is 0. The molecule has 4 nitrogen and oxygen atoms in total. The van der Waals surface area contributed by atoms with E-state index in [0.29, 0.717) is 23.3 Å². The van der Waals surface area contributed by atoms with Crippen molar-refractivity contribution < 1.29 is 14.6 Å². The van der Waals surface area contributed by atoms with Crippen LogP contribution >= 0.6 is 0 Å². The summed E-state index contributed by atoms with van der Waals surface area (Å²) in [6.07, 6.45) is 1.03. The maximum atomic E-state index is 10.3. The number of hydrogen-bond acceptors (Lipinski definition) is 4. The van der Waals surface area contributed by atoms with Crippen LogP contribution in [0.5, 0.6) is 11.5 Å². The molecule has 1 aromatic rings. The quantitative estimate of drug-likeness (QED) is 0.607. The predicted octanol–water partition coefficient (Wildman–Crippen LogP) is 2.22. The van der Waals surface area contributed by atoms with E-state index in [1.807, 2.05) is 20.8 Å². The molecule has 86 valence electrons. The maximum absolute atomic E-state index is 10.3. The lowest BCUT2D eigenvalue weighted by molar-refractivity contribution is -0.120. The molecule has 0 radical (unpaired) electrons. The molecule has 16 heavy (non-hydrogen) atoms. The van der Waals surface area contributed by atoms with E-state index in [-0.39, 0.29) is 11.2 Å². The van der Waals surface area contributed by atoms with Gasteiger partial charge in [0.1, 0.15) is 11.5 Å². The number of phenolic OH excluding ortho intramolecular Hbond substituents is 1. The topological polar surface area (TPSA) is 70.4 Å². The third-order valence-electron chi connectivity index (χ3n) is 2.26. The lowest BCUT2D eigenvalue weighted by Crippen LogP contribution is -2.12. The summed E-state index contributed by atoms with van der Waals surface area (Å²) in [6.45, 7) is 6.12. The van der Waals surface area contributed by atoms with Gasteiger partial charge in [-0.25, -0.2) is 0 Å². The SMILES string of the molecule is CC(C)(C)c1cc(OC=O)cc(C=N)c1O. The molecule has 1 rings (SSSR count). The Kier molecular flexibility index (Phi) is 3.32. The van der Waals surface area contributed by atoms with E-state index < -0.39 is 0 Å². The van der Waals surface area contributed by atoms with E-state index in [1.165, 1.54) is 6.07 Å². The highest BCUT2D eigenvalue weighted by Crippen LogP contribution is 2.35. The Labute approximate surface area is 94.4 Å². The fourth-order valence-electron chi connectivity index (χ4n) is 1.43. The van der Waals surface area contributed by atoms with Crippen LogP contribution in [0.25, 0.3) is 0 Å². The van der Waals surface area contributed by atoms with E-state index in [2.05, 4.69) is 0 Å². The molecule has 0 spiro atoms. The zero-order chi connectivity index (χ0) is 12.3. The van der Waals surface area contributed by atoms with Crippen molar-refractivity contribution in [3.63, 3.8) is 0 Å². The van der Waals surface area contributed by atoms with Gasteiger partial charge in [-0.3, -0.25) is 4.79 Å². The van der Waals surface area contributed by atoms with E-state index in [9.17, 15) is 9.90 Å². The Bertz CT molecular complexity index is 419.